The lowest BCUT2D eigenvalue weighted by molar-refractivity contribution is 0.278. The molecule has 1 fully saturated rings. The fourth-order valence-corrected chi connectivity index (χ4v) is 4.03. The fraction of sp³-hybridized carbons (Fsp3) is 0.471. The van der Waals surface area contributed by atoms with Gasteiger partial charge in [-0.25, -0.2) is 12.7 Å². The predicted molar refractivity (Wildman–Crippen MR) is 97.4 cm³/mol. The maximum atomic E-state index is 12.4. The van der Waals surface area contributed by atoms with Gasteiger partial charge in [-0.3, -0.25) is 9.69 Å². The minimum absolute atomic E-state index is 0.109. The summed E-state index contributed by atoms with van der Waals surface area (Å²) in [6.07, 6.45) is 2.00. The third-order valence-electron chi connectivity index (χ3n) is 4.54. The van der Waals surface area contributed by atoms with Crippen LogP contribution in [0.5, 0.6) is 5.75 Å². The topological polar surface area (TPSA) is 82.7 Å². The zero-order chi connectivity index (χ0) is 18.0. The van der Waals surface area contributed by atoms with E-state index in [1.54, 1.807) is 7.11 Å². The van der Waals surface area contributed by atoms with Crippen LogP contribution < -0.4 is 10.3 Å². The number of aromatic nitrogens is 1. The van der Waals surface area contributed by atoms with Gasteiger partial charge < -0.3 is 9.72 Å². The molecular formula is C17H23N3O4S. The van der Waals surface area contributed by atoms with E-state index in [2.05, 4.69) is 9.88 Å². The number of hydrogen-bond donors (Lipinski definition) is 1. The van der Waals surface area contributed by atoms with Crippen LogP contribution in [0.3, 0.4) is 0 Å². The summed E-state index contributed by atoms with van der Waals surface area (Å²) in [6.45, 7) is 2.86. The van der Waals surface area contributed by atoms with Gasteiger partial charge in [0.25, 0.3) is 5.56 Å². The third kappa shape index (κ3) is 4.20. The number of methoxy groups -OCH3 is 1. The van der Waals surface area contributed by atoms with Crippen LogP contribution in [0.1, 0.15) is 12.0 Å². The minimum atomic E-state index is -3.17. The van der Waals surface area contributed by atoms with Crippen LogP contribution in [0, 0.1) is 0 Å². The van der Waals surface area contributed by atoms with Gasteiger partial charge in [-0.1, -0.05) is 0 Å². The minimum Gasteiger partial charge on any atom is -0.497 e. The number of pyridine rings is 1. The highest BCUT2D eigenvalue weighted by Crippen LogP contribution is 2.19. The molecule has 1 N–H and O–H groups in total. The number of nitrogens with zero attached hydrogens (tertiary/aromatic N) is 2. The second-order valence-electron chi connectivity index (χ2n) is 6.37. The average Bonchev–Trinajstić information content (AvgIpc) is 2.80. The fourth-order valence-electron chi connectivity index (χ4n) is 3.15. The number of ether oxygens (including phenoxy) is 1. The van der Waals surface area contributed by atoms with E-state index < -0.39 is 10.0 Å². The Kier molecular flexibility index (Phi) is 5.12. The monoisotopic (exact) mass is 365 g/mol. The Hall–Kier alpha value is -1.90. The molecule has 8 heteroatoms. The second kappa shape index (κ2) is 7.15. The summed E-state index contributed by atoms with van der Waals surface area (Å²) in [6, 6.07) is 7.42. The van der Waals surface area contributed by atoms with Crippen molar-refractivity contribution in [2.45, 2.75) is 13.0 Å². The Labute approximate surface area is 147 Å². The molecule has 0 aliphatic carbocycles. The van der Waals surface area contributed by atoms with Crippen LogP contribution in [0.4, 0.5) is 0 Å². The van der Waals surface area contributed by atoms with Crippen molar-refractivity contribution >= 4 is 20.9 Å². The van der Waals surface area contributed by atoms with Crippen molar-refractivity contribution in [2.24, 2.45) is 0 Å². The van der Waals surface area contributed by atoms with Crippen molar-refractivity contribution in [3.8, 4) is 5.75 Å². The van der Waals surface area contributed by atoms with Crippen molar-refractivity contribution in [2.75, 3.05) is 39.5 Å². The highest BCUT2D eigenvalue weighted by atomic mass is 32.2. The van der Waals surface area contributed by atoms with Gasteiger partial charge in [0, 0.05) is 42.6 Å². The zero-order valence-electron chi connectivity index (χ0n) is 14.5. The Morgan fingerprint density at radius 2 is 1.96 bits per heavy atom. The molecule has 0 saturated carbocycles. The summed E-state index contributed by atoms with van der Waals surface area (Å²) < 4.78 is 30.2. The lowest BCUT2D eigenvalue weighted by Gasteiger charge is -2.20. The van der Waals surface area contributed by atoms with Crippen LogP contribution in [0.25, 0.3) is 10.9 Å². The Balaban J connectivity index is 1.80. The average molecular weight is 365 g/mol. The van der Waals surface area contributed by atoms with Crippen molar-refractivity contribution in [1.29, 1.82) is 0 Å². The van der Waals surface area contributed by atoms with Crippen LogP contribution >= 0.6 is 0 Å². The smallest absolute Gasteiger partial charge is 0.252 e. The van der Waals surface area contributed by atoms with E-state index in [0.717, 1.165) is 29.6 Å². The number of hydrogen-bond acceptors (Lipinski definition) is 5. The lowest BCUT2D eigenvalue weighted by atomic mass is 10.1. The number of H-pyrrole nitrogens is 1. The molecular weight excluding hydrogens is 342 g/mol. The number of benzene rings is 1. The van der Waals surface area contributed by atoms with E-state index in [1.165, 1.54) is 10.6 Å². The molecule has 7 nitrogen and oxygen atoms in total. The normalized spacial score (nSPS) is 17.5. The molecule has 1 aromatic carbocycles. The Morgan fingerprint density at radius 3 is 2.68 bits per heavy atom. The van der Waals surface area contributed by atoms with Gasteiger partial charge in [0.2, 0.25) is 10.0 Å². The summed E-state index contributed by atoms with van der Waals surface area (Å²) >= 11 is 0. The summed E-state index contributed by atoms with van der Waals surface area (Å²) in [7, 11) is -1.56. The SMILES string of the molecule is COc1ccc2[nH]c(=O)c(CN3CCCN(S(C)(=O)=O)CC3)cc2c1. The van der Waals surface area contributed by atoms with Gasteiger partial charge in [0.05, 0.1) is 13.4 Å². The first kappa shape index (κ1) is 17.9. The Morgan fingerprint density at radius 1 is 1.16 bits per heavy atom. The molecule has 2 heterocycles. The highest BCUT2D eigenvalue weighted by Gasteiger charge is 2.21. The molecule has 0 unspecified atom stereocenters. The zero-order valence-corrected chi connectivity index (χ0v) is 15.3. The molecule has 3 rings (SSSR count). The third-order valence-corrected chi connectivity index (χ3v) is 5.84. The summed E-state index contributed by atoms with van der Waals surface area (Å²) in [5.41, 5.74) is 1.34. The molecule has 136 valence electrons. The molecule has 1 aromatic heterocycles. The van der Waals surface area contributed by atoms with Gasteiger partial charge in [0.15, 0.2) is 0 Å². The standard InChI is InChI=1S/C17H23N3O4S/c1-24-15-4-5-16-13(11-15)10-14(17(21)18-16)12-19-6-3-7-20(9-8-19)25(2,22)23/h4-5,10-11H,3,6-9,12H2,1-2H3,(H,18,21). The van der Waals surface area contributed by atoms with Gasteiger partial charge in [-0.2, -0.15) is 0 Å². The van der Waals surface area contributed by atoms with Crippen LogP contribution in [-0.4, -0.2) is 62.2 Å². The van der Waals surface area contributed by atoms with E-state index in [4.69, 9.17) is 4.74 Å². The molecule has 0 atom stereocenters. The first-order valence-electron chi connectivity index (χ1n) is 8.24. The first-order valence-corrected chi connectivity index (χ1v) is 10.1. The van der Waals surface area contributed by atoms with E-state index in [0.29, 0.717) is 31.7 Å². The van der Waals surface area contributed by atoms with Crippen LogP contribution in [-0.2, 0) is 16.6 Å². The Bertz CT molecular complexity index is 923. The summed E-state index contributed by atoms with van der Waals surface area (Å²) in [5.74, 6) is 0.740. The van der Waals surface area contributed by atoms with E-state index in [-0.39, 0.29) is 5.56 Å². The largest absolute Gasteiger partial charge is 0.497 e. The predicted octanol–water partition coefficient (Wildman–Crippen LogP) is 1.00. The summed E-state index contributed by atoms with van der Waals surface area (Å²) in [5, 5.41) is 0.918. The molecule has 0 spiro atoms. The van der Waals surface area contributed by atoms with Gasteiger partial charge >= 0.3 is 0 Å². The second-order valence-corrected chi connectivity index (χ2v) is 8.35. The number of nitrogens with one attached hydrogen (secondary N) is 1. The van der Waals surface area contributed by atoms with Crippen molar-refractivity contribution in [1.82, 2.24) is 14.2 Å². The van der Waals surface area contributed by atoms with Crippen molar-refractivity contribution < 1.29 is 13.2 Å². The van der Waals surface area contributed by atoms with Crippen LogP contribution in [0.2, 0.25) is 0 Å². The van der Waals surface area contributed by atoms with Gasteiger partial charge in [-0.05, 0) is 37.2 Å². The van der Waals surface area contributed by atoms with Gasteiger partial charge in [0.1, 0.15) is 5.75 Å². The number of rotatable bonds is 4. The maximum Gasteiger partial charge on any atom is 0.252 e. The molecule has 2 aromatic rings. The summed E-state index contributed by atoms with van der Waals surface area (Å²) in [4.78, 5) is 17.4. The number of fused-ring (bicyclic) bond motifs is 1. The molecule has 0 amide bonds. The molecule has 1 aliphatic heterocycles. The van der Waals surface area contributed by atoms with Crippen molar-refractivity contribution in [3.05, 3.63) is 40.2 Å². The van der Waals surface area contributed by atoms with E-state index >= 15 is 0 Å². The van der Waals surface area contributed by atoms with E-state index in [1.807, 2.05) is 24.3 Å². The highest BCUT2D eigenvalue weighted by molar-refractivity contribution is 7.88. The van der Waals surface area contributed by atoms with Gasteiger partial charge in [-0.15, -0.1) is 0 Å². The molecule has 1 saturated heterocycles. The quantitative estimate of drug-likeness (QED) is 0.874. The molecule has 0 bridgehead atoms. The molecule has 0 radical (unpaired) electrons. The van der Waals surface area contributed by atoms with Crippen molar-refractivity contribution in [3.63, 3.8) is 0 Å². The lowest BCUT2D eigenvalue weighted by Crippen LogP contribution is -2.34. The van der Waals surface area contributed by atoms with Crippen LogP contribution in [0.15, 0.2) is 29.1 Å². The first-order chi connectivity index (χ1) is 11.9. The van der Waals surface area contributed by atoms with E-state index in [9.17, 15) is 13.2 Å². The maximum absolute atomic E-state index is 12.4. The molecule has 25 heavy (non-hydrogen) atoms. The number of aromatic amines is 1. The molecule has 1 aliphatic rings. The number of sulfonamides is 1.